The van der Waals surface area contributed by atoms with Gasteiger partial charge in [-0.2, -0.15) is 0 Å². The van der Waals surface area contributed by atoms with Gasteiger partial charge in [0.1, 0.15) is 54.4 Å². The standard InChI is InChI=1S/C51H87N13O12/c1-7-9-10-11-15-18-40(67)63-42(31(6)66)51(76)60-35(20-24-53)45(70)59-37-22-26-55-50(75)41(30(5)65)64-47(72)36(21-25-54)57-44(69)34(19-23-52)58-48(73)38(27-29(3)4)61-49(74)39(28-32-16-13-12-14-17-32)62-43(68)33(8-2)56-46(37)71/h12-14,16-17,29-31,33-39,41-42,65-66H,7-11,15,18-28,52-54H2,1-6H3,(H,55,75)(H,56,71)(H,57,69)(H,58,73)(H,59,70)(H,60,76)(H,61,74)(H,62,68)(H,63,67)(H,64,72)/t30-,31-,33+,34+,35+,36+,37+,38+,39-,41+,42+/m1/s1. The number of hydrogen-bond donors (Lipinski definition) is 15. The number of aliphatic hydroxyl groups is 2. The normalized spacial score (nSPS) is 23.4. The molecule has 0 unspecified atom stereocenters. The van der Waals surface area contributed by atoms with Crippen molar-refractivity contribution in [3.8, 4) is 0 Å². The largest absolute Gasteiger partial charge is 0.391 e. The number of rotatable bonds is 24. The maximum atomic E-state index is 14.3. The van der Waals surface area contributed by atoms with Gasteiger partial charge in [0.15, 0.2) is 0 Å². The molecular weight excluding hydrogens is 987 g/mol. The van der Waals surface area contributed by atoms with Crippen molar-refractivity contribution in [3.63, 3.8) is 0 Å². The number of nitrogens with one attached hydrogen (secondary N) is 10. The number of carbonyl (C=O) groups is 10. The van der Waals surface area contributed by atoms with Crippen molar-refractivity contribution < 1.29 is 58.2 Å². The van der Waals surface area contributed by atoms with E-state index in [2.05, 4.69) is 60.1 Å². The van der Waals surface area contributed by atoms with E-state index in [1.165, 1.54) is 13.8 Å². The second-order valence-corrected chi connectivity index (χ2v) is 19.6. The summed E-state index contributed by atoms with van der Waals surface area (Å²) in [7, 11) is 0. The fraction of sp³-hybridized carbons (Fsp3) is 0.686. The molecule has 1 heterocycles. The molecule has 0 bridgehead atoms. The summed E-state index contributed by atoms with van der Waals surface area (Å²) in [5, 5.41) is 47.0. The molecule has 2 rings (SSSR count). The molecule has 11 atom stereocenters. The number of amides is 10. The Morgan fingerprint density at radius 3 is 1.72 bits per heavy atom. The Kier molecular flexibility index (Phi) is 30.4. The Morgan fingerprint density at radius 1 is 0.632 bits per heavy atom. The van der Waals surface area contributed by atoms with E-state index in [9.17, 15) is 58.2 Å². The second-order valence-electron chi connectivity index (χ2n) is 19.6. The third-order valence-electron chi connectivity index (χ3n) is 12.6. The van der Waals surface area contributed by atoms with Gasteiger partial charge in [-0.1, -0.05) is 83.7 Å². The summed E-state index contributed by atoms with van der Waals surface area (Å²) < 4.78 is 0. The van der Waals surface area contributed by atoms with Crippen LogP contribution in [0, 0.1) is 5.92 Å². The van der Waals surface area contributed by atoms with E-state index in [0.29, 0.717) is 12.0 Å². The molecule has 0 aliphatic carbocycles. The Labute approximate surface area is 446 Å². The van der Waals surface area contributed by atoms with Crippen LogP contribution in [-0.4, -0.2) is 162 Å². The fourth-order valence-corrected chi connectivity index (χ4v) is 8.23. The van der Waals surface area contributed by atoms with E-state index in [0.717, 1.165) is 25.7 Å². The summed E-state index contributed by atoms with van der Waals surface area (Å²) in [6.45, 7) is 9.00. The highest BCUT2D eigenvalue weighted by atomic mass is 16.3. The fourth-order valence-electron chi connectivity index (χ4n) is 8.23. The predicted octanol–water partition coefficient (Wildman–Crippen LogP) is -3.26. The van der Waals surface area contributed by atoms with Gasteiger partial charge < -0.3 is 80.6 Å². The molecule has 428 valence electrons. The van der Waals surface area contributed by atoms with Gasteiger partial charge in [0.05, 0.1) is 12.2 Å². The zero-order valence-corrected chi connectivity index (χ0v) is 45.0. The summed E-state index contributed by atoms with van der Waals surface area (Å²) >= 11 is 0. The highest BCUT2D eigenvalue weighted by Gasteiger charge is 2.37. The van der Waals surface area contributed by atoms with Gasteiger partial charge in [0.2, 0.25) is 59.1 Å². The first-order valence-electron chi connectivity index (χ1n) is 26.6. The SMILES string of the molecule is CCCCCCCC(=O)N[C@H](C(=O)N[C@@H](CCN)C(=O)N[C@H]1CCNC(=O)[C@H]([C@@H](C)O)NC(=O)[C@H](CCN)NC(=O)[C@H](CCN)NC(=O)[C@H](CC(C)C)NC(=O)[C@@H](Cc2ccccc2)NC(=O)[C@H](CC)NC1=O)[C@@H](C)O. The first-order valence-corrected chi connectivity index (χ1v) is 26.6. The summed E-state index contributed by atoms with van der Waals surface area (Å²) in [4.78, 5) is 139. The van der Waals surface area contributed by atoms with Gasteiger partial charge in [-0.15, -0.1) is 0 Å². The smallest absolute Gasteiger partial charge is 0.245 e. The van der Waals surface area contributed by atoms with Crippen LogP contribution in [0.15, 0.2) is 30.3 Å². The maximum Gasteiger partial charge on any atom is 0.245 e. The molecule has 1 saturated heterocycles. The van der Waals surface area contributed by atoms with Crippen LogP contribution in [0.4, 0.5) is 0 Å². The van der Waals surface area contributed by atoms with Gasteiger partial charge in [-0.25, -0.2) is 0 Å². The summed E-state index contributed by atoms with van der Waals surface area (Å²) in [5.74, 6) is -8.55. The third kappa shape index (κ3) is 23.3. The van der Waals surface area contributed by atoms with Crippen LogP contribution in [0.25, 0.3) is 0 Å². The van der Waals surface area contributed by atoms with E-state index < -0.39 is 132 Å². The molecule has 1 aromatic rings. The zero-order chi connectivity index (χ0) is 56.9. The molecule has 1 fully saturated rings. The van der Waals surface area contributed by atoms with E-state index in [-0.39, 0.29) is 76.9 Å². The van der Waals surface area contributed by atoms with Crippen molar-refractivity contribution in [2.75, 3.05) is 26.2 Å². The van der Waals surface area contributed by atoms with Gasteiger partial charge >= 0.3 is 0 Å². The van der Waals surface area contributed by atoms with Crippen molar-refractivity contribution in [1.82, 2.24) is 53.2 Å². The Bertz CT molecular complexity index is 2050. The number of unbranched alkanes of at least 4 members (excludes halogenated alkanes) is 4. The lowest BCUT2D eigenvalue weighted by Crippen LogP contribution is -2.61. The molecule has 18 N–H and O–H groups in total. The van der Waals surface area contributed by atoms with Gasteiger partial charge in [0.25, 0.3) is 0 Å². The maximum absolute atomic E-state index is 14.3. The number of carbonyl (C=O) groups excluding carboxylic acids is 10. The lowest BCUT2D eigenvalue weighted by molar-refractivity contribution is -0.136. The van der Waals surface area contributed by atoms with Gasteiger partial charge in [0, 0.05) is 19.4 Å². The second kappa shape index (κ2) is 35.1. The van der Waals surface area contributed by atoms with Crippen molar-refractivity contribution in [1.29, 1.82) is 0 Å². The van der Waals surface area contributed by atoms with E-state index in [1.54, 1.807) is 51.1 Å². The van der Waals surface area contributed by atoms with Crippen LogP contribution in [-0.2, 0) is 54.4 Å². The van der Waals surface area contributed by atoms with Gasteiger partial charge in [-0.05, 0) is 89.9 Å². The van der Waals surface area contributed by atoms with Crippen molar-refractivity contribution >= 4 is 59.1 Å². The molecule has 1 aliphatic rings. The highest BCUT2D eigenvalue weighted by Crippen LogP contribution is 2.12. The summed E-state index contributed by atoms with van der Waals surface area (Å²) in [6.07, 6.45) is 0.638. The van der Waals surface area contributed by atoms with E-state index >= 15 is 0 Å². The summed E-state index contributed by atoms with van der Waals surface area (Å²) in [5.41, 5.74) is 18.2. The quantitative estimate of drug-likeness (QED) is 0.0452. The molecule has 1 aliphatic heterocycles. The van der Waals surface area contributed by atoms with Crippen molar-refractivity contribution in [2.24, 2.45) is 23.1 Å². The molecule has 0 spiro atoms. The average molecular weight is 1070 g/mol. The van der Waals surface area contributed by atoms with Crippen LogP contribution in [0.5, 0.6) is 0 Å². The minimum Gasteiger partial charge on any atom is -0.391 e. The lowest BCUT2D eigenvalue weighted by Gasteiger charge is -2.28. The average Bonchev–Trinajstić information content (AvgIpc) is 3.36. The van der Waals surface area contributed by atoms with Crippen molar-refractivity contribution in [2.45, 2.75) is 192 Å². The summed E-state index contributed by atoms with van der Waals surface area (Å²) in [6, 6.07) is -4.10. The van der Waals surface area contributed by atoms with Crippen LogP contribution in [0.2, 0.25) is 0 Å². The number of nitrogens with two attached hydrogens (primary N) is 3. The molecular formula is C51H87N13O12. The van der Waals surface area contributed by atoms with Crippen LogP contribution in [0.3, 0.4) is 0 Å². The van der Waals surface area contributed by atoms with Crippen LogP contribution >= 0.6 is 0 Å². The Balaban J connectivity index is 2.66. The monoisotopic (exact) mass is 1070 g/mol. The first-order chi connectivity index (χ1) is 36.1. The van der Waals surface area contributed by atoms with E-state index in [4.69, 9.17) is 17.2 Å². The Hall–Kier alpha value is -6.28. The van der Waals surface area contributed by atoms with Gasteiger partial charge in [-0.3, -0.25) is 47.9 Å². The highest BCUT2D eigenvalue weighted by molar-refractivity contribution is 5.99. The third-order valence-corrected chi connectivity index (χ3v) is 12.6. The number of benzene rings is 1. The molecule has 0 saturated carbocycles. The molecule has 25 heteroatoms. The topological polar surface area (TPSA) is 410 Å². The van der Waals surface area contributed by atoms with Crippen LogP contribution < -0.4 is 70.4 Å². The number of aliphatic hydroxyl groups excluding tert-OH is 2. The van der Waals surface area contributed by atoms with E-state index in [1.807, 2.05) is 0 Å². The van der Waals surface area contributed by atoms with Crippen molar-refractivity contribution in [3.05, 3.63) is 35.9 Å². The number of hydrogen-bond acceptors (Lipinski definition) is 15. The molecule has 76 heavy (non-hydrogen) atoms. The predicted molar refractivity (Wildman–Crippen MR) is 283 cm³/mol. The minimum atomic E-state index is -1.64. The molecule has 1 aromatic carbocycles. The molecule has 0 aromatic heterocycles. The molecule has 10 amide bonds. The Morgan fingerprint density at radius 2 is 1.17 bits per heavy atom. The zero-order valence-electron chi connectivity index (χ0n) is 45.0. The van der Waals surface area contributed by atoms with Crippen LogP contribution in [0.1, 0.15) is 124 Å². The molecule has 0 radical (unpaired) electrons. The lowest BCUT2D eigenvalue weighted by atomic mass is 10.00. The minimum absolute atomic E-state index is 0.0460. The molecule has 25 nitrogen and oxygen atoms in total. The first kappa shape index (κ1) is 65.8.